The molecule has 0 N–H and O–H groups in total. The molecule has 27 heavy (non-hydrogen) atoms. The van der Waals surface area contributed by atoms with E-state index in [0.717, 1.165) is 24.8 Å². The SMILES string of the molecule is CCCC/C(=C1/CC(C(=O)OC)(C(=O)OC)CC1OCC(C)C)[Si](C)(C)C. The van der Waals surface area contributed by atoms with Crippen LogP contribution in [0.5, 0.6) is 0 Å². The molecule has 1 fully saturated rings. The Morgan fingerprint density at radius 1 is 1.15 bits per heavy atom. The molecule has 1 aliphatic rings. The molecular weight excluding hydrogens is 360 g/mol. The van der Waals surface area contributed by atoms with Crippen molar-refractivity contribution in [3.05, 3.63) is 10.8 Å². The third kappa shape index (κ3) is 5.67. The van der Waals surface area contributed by atoms with E-state index < -0.39 is 25.4 Å². The Hall–Kier alpha value is -1.14. The van der Waals surface area contributed by atoms with Crippen molar-refractivity contribution in [2.24, 2.45) is 11.3 Å². The van der Waals surface area contributed by atoms with Gasteiger partial charge in [-0.15, -0.1) is 0 Å². The number of esters is 2. The van der Waals surface area contributed by atoms with Crippen molar-refractivity contribution in [3.63, 3.8) is 0 Å². The summed E-state index contributed by atoms with van der Waals surface area (Å²) in [6, 6.07) is 0. The average Bonchev–Trinajstić information content (AvgIpc) is 2.98. The Morgan fingerprint density at radius 3 is 2.11 bits per heavy atom. The van der Waals surface area contributed by atoms with Crippen molar-refractivity contribution in [2.75, 3.05) is 20.8 Å². The molecule has 1 unspecified atom stereocenters. The van der Waals surface area contributed by atoms with E-state index in [1.807, 2.05) is 0 Å². The molecule has 156 valence electrons. The number of methoxy groups -OCH3 is 2. The van der Waals surface area contributed by atoms with Gasteiger partial charge >= 0.3 is 11.9 Å². The Morgan fingerprint density at radius 2 is 1.70 bits per heavy atom. The van der Waals surface area contributed by atoms with Crippen LogP contribution in [0.15, 0.2) is 10.8 Å². The summed E-state index contributed by atoms with van der Waals surface area (Å²) in [5.74, 6) is -0.663. The fraction of sp³-hybridized carbons (Fsp3) is 0.810. The third-order valence-electron chi connectivity index (χ3n) is 5.27. The second-order valence-electron chi connectivity index (χ2n) is 9.02. The summed E-state index contributed by atoms with van der Waals surface area (Å²) in [6.45, 7) is 13.9. The number of unbranched alkanes of at least 4 members (excludes halogenated alkanes) is 1. The monoisotopic (exact) mass is 398 g/mol. The van der Waals surface area contributed by atoms with Crippen LogP contribution in [-0.4, -0.2) is 46.9 Å². The van der Waals surface area contributed by atoms with Gasteiger partial charge in [0.05, 0.1) is 28.4 Å². The molecule has 0 bridgehead atoms. The van der Waals surface area contributed by atoms with Crippen LogP contribution >= 0.6 is 0 Å². The predicted octanol–water partition coefficient (Wildman–Crippen LogP) is 4.52. The number of hydrogen-bond acceptors (Lipinski definition) is 5. The summed E-state index contributed by atoms with van der Waals surface area (Å²) >= 11 is 0. The van der Waals surface area contributed by atoms with Crippen LogP contribution in [0.3, 0.4) is 0 Å². The number of ether oxygens (including phenoxy) is 3. The average molecular weight is 399 g/mol. The van der Waals surface area contributed by atoms with E-state index in [-0.39, 0.29) is 6.10 Å². The first-order valence-corrected chi connectivity index (χ1v) is 13.5. The zero-order valence-electron chi connectivity index (χ0n) is 18.4. The van der Waals surface area contributed by atoms with Crippen LogP contribution in [0.25, 0.3) is 0 Å². The van der Waals surface area contributed by atoms with Gasteiger partial charge in [-0.05, 0) is 24.3 Å². The van der Waals surface area contributed by atoms with Crippen LogP contribution in [0.1, 0.15) is 52.9 Å². The number of hydrogen-bond donors (Lipinski definition) is 0. The molecule has 0 aromatic rings. The second-order valence-corrected chi connectivity index (χ2v) is 14.1. The van der Waals surface area contributed by atoms with E-state index in [1.54, 1.807) is 0 Å². The lowest BCUT2D eigenvalue weighted by atomic mass is 9.85. The van der Waals surface area contributed by atoms with Gasteiger partial charge in [0, 0.05) is 13.0 Å². The van der Waals surface area contributed by atoms with Crippen molar-refractivity contribution in [1.82, 2.24) is 0 Å². The molecular formula is C21H38O5Si. The fourth-order valence-corrected chi connectivity index (χ4v) is 6.02. The number of allylic oxidation sites excluding steroid dienone is 1. The molecule has 0 saturated heterocycles. The van der Waals surface area contributed by atoms with Crippen LogP contribution in [0.2, 0.25) is 19.6 Å². The smallest absolute Gasteiger partial charge is 0.323 e. The first kappa shape index (κ1) is 23.9. The van der Waals surface area contributed by atoms with E-state index in [2.05, 4.69) is 40.4 Å². The molecule has 1 aliphatic carbocycles. The van der Waals surface area contributed by atoms with Crippen LogP contribution in [0, 0.1) is 11.3 Å². The molecule has 1 saturated carbocycles. The van der Waals surface area contributed by atoms with Gasteiger partial charge in [0.1, 0.15) is 0 Å². The Labute approximate surface area is 165 Å². The van der Waals surface area contributed by atoms with Gasteiger partial charge in [0.25, 0.3) is 0 Å². The van der Waals surface area contributed by atoms with Crippen molar-refractivity contribution in [3.8, 4) is 0 Å². The lowest BCUT2D eigenvalue weighted by molar-refractivity contribution is -0.169. The molecule has 6 heteroatoms. The van der Waals surface area contributed by atoms with Gasteiger partial charge in [-0.25, -0.2) is 0 Å². The molecule has 0 aliphatic heterocycles. The fourth-order valence-electron chi connectivity index (χ4n) is 3.88. The molecule has 5 nitrogen and oxygen atoms in total. The van der Waals surface area contributed by atoms with Crippen LogP contribution in [-0.2, 0) is 23.8 Å². The van der Waals surface area contributed by atoms with E-state index in [1.165, 1.54) is 19.4 Å². The van der Waals surface area contributed by atoms with Crippen molar-refractivity contribution in [1.29, 1.82) is 0 Å². The largest absolute Gasteiger partial charge is 0.468 e. The highest BCUT2D eigenvalue weighted by Gasteiger charge is 2.56. The Bertz CT molecular complexity index is 543. The molecule has 0 aromatic carbocycles. The maximum Gasteiger partial charge on any atom is 0.323 e. The minimum Gasteiger partial charge on any atom is -0.468 e. The zero-order chi connectivity index (χ0) is 20.8. The van der Waals surface area contributed by atoms with Crippen molar-refractivity contribution >= 4 is 20.0 Å². The molecule has 0 amide bonds. The van der Waals surface area contributed by atoms with Crippen LogP contribution in [0.4, 0.5) is 0 Å². The summed E-state index contributed by atoms with van der Waals surface area (Å²) in [7, 11) is 1.01. The normalized spacial score (nSPS) is 21.3. The Kier molecular flexibility index (Phi) is 8.74. The van der Waals surface area contributed by atoms with E-state index in [9.17, 15) is 9.59 Å². The minimum atomic E-state index is -1.64. The summed E-state index contributed by atoms with van der Waals surface area (Å²) in [4.78, 5) is 25.3. The molecule has 0 heterocycles. The maximum absolute atomic E-state index is 12.7. The summed E-state index contributed by atoms with van der Waals surface area (Å²) in [6.07, 6.45) is 3.62. The maximum atomic E-state index is 12.7. The number of carbonyl (C=O) groups is 2. The summed E-state index contributed by atoms with van der Waals surface area (Å²) < 4.78 is 16.3. The standard InChI is InChI=1S/C21H38O5Si/c1-9-10-11-18(27(6,7)8)16-12-21(19(22)24-4,20(23)25-5)13-17(16)26-14-15(2)3/h15,17H,9-14H2,1-8H3/b18-16+. The molecule has 1 rings (SSSR count). The lowest BCUT2D eigenvalue weighted by Crippen LogP contribution is -2.39. The van der Waals surface area contributed by atoms with E-state index in [0.29, 0.717) is 25.4 Å². The van der Waals surface area contributed by atoms with Gasteiger partial charge in [-0.3, -0.25) is 9.59 Å². The van der Waals surface area contributed by atoms with Crippen molar-refractivity contribution < 1.29 is 23.8 Å². The lowest BCUT2D eigenvalue weighted by Gasteiger charge is -2.27. The van der Waals surface area contributed by atoms with Gasteiger partial charge in [-0.2, -0.15) is 0 Å². The van der Waals surface area contributed by atoms with Gasteiger partial charge in [-0.1, -0.05) is 58.5 Å². The van der Waals surface area contributed by atoms with Crippen molar-refractivity contribution in [2.45, 2.75) is 78.6 Å². The minimum absolute atomic E-state index is 0.232. The van der Waals surface area contributed by atoms with E-state index in [4.69, 9.17) is 14.2 Å². The summed E-state index contributed by atoms with van der Waals surface area (Å²) in [5, 5.41) is 1.42. The quantitative estimate of drug-likeness (QED) is 0.325. The highest BCUT2D eigenvalue weighted by atomic mass is 28.3. The topological polar surface area (TPSA) is 61.8 Å². The van der Waals surface area contributed by atoms with Crippen LogP contribution < -0.4 is 0 Å². The predicted molar refractivity (Wildman–Crippen MR) is 110 cm³/mol. The third-order valence-corrected chi connectivity index (χ3v) is 7.65. The highest BCUT2D eigenvalue weighted by molar-refractivity contribution is 6.83. The van der Waals surface area contributed by atoms with Gasteiger partial charge in [0.2, 0.25) is 0 Å². The van der Waals surface area contributed by atoms with E-state index >= 15 is 0 Å². The first-order valence-electron chi connectivity index (χ1n) is 10.0. The molecule has 0 radical (unpaired) electrons. The number of rotatable bonds is 9. The second kappa shape index (κ2) is 9.87. The molecule has 1 atom stereocenters. The highest BCUT2D eigenvalue weighted by Crippen LogP contribution is 2.48. The van der Waals surface area contributed by atoms with Gasteiger partial charge in [0.15, 0.2) is 5.41 Å². The van der Waals surface area contributed by atoms with Gasteiger partial charge < -0.3 is 14.2 Å². The zero-order valence-corrected chi connectivity index (χ0v) is 19.4. The Balaban J connectivity index is 3.48. The molecule has 0 aromatic heterocycles. The first-order chi connectivity index (χ1) is 12.5. The molecule has 0 spiro atoms. The summed E-state index contributed by atoms with van der Waals surface area (Å²) in [5.41, 5.74) is -0.156. The number of carbonyl (C=O) groups excluding carboxylic acids is 2.